The second-order valence-corrected chi connectivity index (χ2v) is 6.27. The molecule has 0 fully saturated rings. The van der Waals surface area contributed by atoms with Gasteiger partial charge < -0.3 is 5.32 Å². The lowest BCUT2D eigenvalue weighted by atomic mass is 10.2. The van der Waals surface area contributed by atoms with Crippen molar-refractivity contribution in [2.45, 2.75) is 0 Å². The summed E-state index contributed by atoms with van der Waals surface area (Å²) < 4.78 is 1.49. The van der Waals surface area contributed by atoms with Gasteiger partial charge in [0.2, 0.25) is 0 Å². The minimum Gasteiger partial charge on any atom is -0.321 e. The van der Waals surface area contributed by atoms with E-state index in [9.17, 15) is 14.9 Å². The van der Waals surface area contributed by atoms with E-state index >= 15 is 0 Å². The molecular formula is C13H7Br2ClN2O3. The second kappa shape index (κ2) is 6.55. The molecule has 2 aromatic rings. The van der Waals surface area contributed by atoms with Crippen LogP contribution >= 0.6 is 43.5 Å². The van der Waals surface area contributed by atoms with Crippen LogP contribution in [0.4, 0.5) is 11.4 Å². The Labute approximate surface area is 141 Å². The summed E-state index contributed by atoms with van der Waals surface area (Å²) in [4.78, 5) is 22.2. The van der Waals surface area contributed by atoms with Gasteiger partial charge in [-0.15, -0.1) is 0 Å². The number of amides is 1. The van der Waals surface area contributed by atoms with E-state index in [4.69, 9.17) is 11.6 Å². The van der Waals surface area contributed by atoms with Crippen molar-refractivity contribution >= 4 is 60.7 Å². The molecule has 0 unspecified atom stereocenters. The molecule has 0 saturated heterocycles. The zero-order chi connectivity index (χ0) is 15.6. The molecule has 0 atom stereocenters. The third-order valence-corrected chi connectivity index (χ3v) is 3.76. The fourth-order valence-electron chi connectivity index (χ4n) is 1.60. The van der Waals surface area contributed by atoms with Gasteiger partial charge in [0.1, 0.15) is 0 Å². The molecule has 0 aromatic heterocycles. The third-order valence-electron chi connectivity index (χ3n) is 2.54. The van der Waals surface area contributed by atoms with Crippen LogP contribution in [0.5, 0.6) is 0 Å². The SMILES string of the molecule is O=C(Nc1ccc([N+](=O)[O-])cc1Cl)c1cc(Br)cc(Br)c1. The number of hydrogen-bond donors (Lipinski definition) is 1. The van der Waals surface area contributed by atoms with Gasteiger partial charge in [0.15, 0.2) is 0 Å². The van der Waals surface area contributed by atoms with E-state index in [1.54, 1.807) is 18.2 Å². The first-order valence-electron chi connectivity index (χ1n) is 5.58. The van der Waals surface area contributed by atoms with E-state index in [2.05, 4.69) is 37.2 Å². The lowest BCUT2D eigenvalue weighted by Crippen LogP contribution is -2.12. The highest BCUT2D eigenvalue weighted by Crippen LogP contribution is 2.27. The van der Waals surface area contributed by atoms with E-state index < -0.39 is 4.92 Å². The number of halogens is 3. The summed E-state index contributed by atoms with van der Waals surface area (Å²) in [6.07, 6.45) is 0. The Bertz CT molecular complexity index is 717. The standard InChI is InChI=1S/C13H7Br2ClN2O3/c14-8-3-7(4-9(15)5-8)13(19)17-12-2-1-10(18(20)21)6-11(12)16/h1-6H,(H,17,19). The molecule has 108 valence electrons. The number of non-ortho nitro benzene ring substituents is 1. The van der Waals surface area contributed by atoms with Gasteiger partial charge in [-0.2, -0.15) is 0 Å². The van der Waals surface area contributed by atoms with Crippen molar-refractivity contribution < 1.29 is 9.72 Å². The quantitative estimate of drug-likeness (QED) is 0.544. The molecule has 5 nitrogen and oxygen atoms in total. The number of rotatable bonds is 3. The number of hydrogen-bond acceptors (Lipinski definition) is 3. The zero-order valence-electron chi connectivity index (χ0n) is 10.3. The maximum atomic E-state index is 12.1. The number of anilines is 1. The molecule has 1 N–H and O–H groups in total. The molecule has 0 bridgehead atoms. The summed E-state index contributed by atoms with van der Waals surface area (Å²) in [5.74, 6) is -0.368. The van der Waals surface area contributed by atoms with Crippen LogP contribution in [0.3, 0.4) is 0 Å². The lowest BCUT2D eigenvalue weighted by Gasteiger charge is -2.08. The second-order valence-electron chi connectivity index (χ2n) is 4.03. The van der Waals surface area contributed by atoms with Crippen LogP contribution in [0.15, 0.2) is 45.3 Å². The Morgan fingerprint density at radius 2 is 1.76 bits per heavy atom. The van der Waals surface area contributed by atoms with Crippen LogP contribution in [-0.4, -0.2) is 10.8 Å². The number of nitro benzene ring substituents is 1. The van der Waals surface area contributed by atoms with Crippen molar-refractivity contribution in [3.05, 3.63) is 66.0 Å². The normalized spacial score (nSPS) is 10.2. The van der Waals surface area contributed by atoms with E-state index in [-0.39, 0.29) is 16.6 Å². The van der Waals surface area contributed by atoms with Gasteiger partial charge in [0.05, 0.1) is 15.6 Å². The monoisotopic (exact) mass is 432 g/mol. The van der Waals surface area contributed by atoms with Crippen LogP contribution in [0.1, 0.15) is 10.4 Å². The van der Waals surface area contributed by atoms with Crippen molar-refractivity contribution in [1.29, 1.82) is 0 Å². The number of nitro groups is 1. The first-order valence-corrected chi connectivity index (χ1v) is 7.54. The van der Waals surface area contributed by atoms with Crippen LogP contribution in [0, 0.1) is 10.1 Å². The smallest absolute Gasteiger partial charge is 0.271 e. The van der Waals surface area contributed by atoms with E-state index in [1.165, 1.54) is 18.2 Å². The molecule has 0 heterocycles. The average molecular weight is 434 g/mol. The van der Waals surface area contributed by atoms with Gasteiger partial charge in [0, 0.05) is 26.6 Å². The highest BCUT2D eigenvalue weighted by Gasteiger charge is 2.13. The molecule has 0 aliphatic heterocycles. The van der Waals surface area contributed by atoms with Crippen molar-refractivity contribution in [1.82, 2.24) is 0 Å². The van der Waals surface area contributed by atoms with Gasteiger partial charge in [-0.25, -0.2) is 0 Å². The fourth-order valence-corrected chi connectivity index (χ4v) is 3.11. The molecule has 2 rings (SSSR count). The van der Waals surface area contributed by atoms with Crippen molar-refractivity contribution in [2.24, 2.45) is 0 Å². The van der Waals surface area contributed by atoms with E-state index in [1.807, 2.05) is 0 Å². The highest BCUT2D eigenvalue weighted by molar-refractivity contribution is 9.11. The summed E-state index contributed by atoms with van der Waals surface area (Å²) in [6, 6.07) is 8.96. The number of nitrogens with one attached hydrogen (secondary N) is 1. The largest absolute Gasteiger partial charge is 0.321 e. The first-order chi connectivity index (χ1) is 9.86. The third kappa shape index (κ3) is 4.03. The molecule has 21 heavy (non-hydrogen) atoms. The number of nitrogens with zero attached hydrogens (tertiary/aromatic N) is 1. The van der Waals surface area contributed by atoms with Gasteiger partial charge in [-0.05, 0) is 24.3 Å². The van der Waals surface area contributed by atoms with Crippen LogP contribution < -0.4 is 5.32 Å². The van der Waals surface area contributed by atoms with Crippen molar-refractivity contribution in [3.8, 4) is 0 Å². The zero-order valence-corrected chi connectivity index (χ0v) is 14.2. The molecule has 8 heteroatoms. The highest BCUT2D eigenvalue weighted by atomic mass is 79.9. The number of carbonyl (C=O) groups excluding carboxylic acids is 1. The minimum absolute atomic E-state index is 0.103. The Morgan fingerprint density at radius 1 is 1.14 bits per heavy atom. The number of benzene rings is 2. The summed E-state index contributed by atoms with van der Waals surface area (Å²) in [5.41, 5.74) is 0.595. The maximum absolute atomic E-state index is 12.1. The topological polar surface area (TPSA) is 72.2 Å². The Balaban J connectivity index is 2.25. The van der Waals surface area contributed by atoms with Crippen molar-refractivity contribution in [2.75, 3.05) is 5.32 Å². The van der Waals surface area contributed by atoms with E-state index in [0.717, 1.165) is 8.95 Å². The molecule has 0 aliphatic rings. The van der Waals surface area contributed by atoms with Crippen LogP contribution in [0.2, 0.25) is 5.02 Å². The predicted molar refractivity (Wildman–Crippen MR) is 87.9 cm³/mol. The van der Waals surface area contributed by atoms with Crippen LogP contribution in [0.25, 0.3) is 0 Å². The first kappa shape index (κ1) is 15.9. The summed E-state index contributed by atoms with van der Waals surface area (Å²) in [5, 5.41) is 13.3. The average Bonchev–Trinajstić information content (AvgIpc) is 2.39. The van der Waals surface area contributed by atoms with Crippen LogP contribution in [-0.2, 0) is 0 Å². The Kier molecular flexibility index (Phi) is 4.97. The molecular weight excluding hydrogens is 427 g/mol. The van der Waals surface area contributed by atoms with Gasteiger partial charge in [-0.1, -0.05) is 43.5 Å². The maximum Gasteiger partial charge on any atom is 0.271 e. The Morgan fingerprint density at radius 3 is 2.29 bits per heavy atom. The molecule has 1 amide bonds. The predicted octanol–water partition coefficient (Wildman–Crippen LogP) is 5.03. The molecule has 0 spiro atoms. The van der Waals surface area contributed by atoms with Crippen molar-refractivity contribution in [3.63, 3.8) is 0 Å². The van der Waals surface area contributed by atoms with Gasteiger partial charge in [0.25, 0.3) is 11.6 Å². The summed E-state index contributed by atoms with van der Waals surface area (Å²) in [7, 11) is 0. The Hall–Kier alpha value is -1.44. The summed E-state index contributed by atoms with van der Waals surface area (Å²) in [6.45, 7) is 0. The molecule has 2 aromatic carbocycles. The summed E-state index contributed by atoms with van der Waals surface area (Å²) >= 11 is 12.5. The van der Waals surface area contributed by atoms with Gasteiger partial charge >= 0.3 is 0 Å². The van der Waals surface area contributed by atoms with Gasteiger partial charge in [-0.3, -0.25) is 14.9 Å². The molecule has 0 aliphatic carbocycles. The number of carbonyl (C=O) groups is 1. The lowest BCUT2D eigenvalue weighted by molar-refractivity contribution is -0.384. The van der Waals surface area contributed by atoms with E-state index in [0.29, 0.717) is 11.3 Å². The molecule has 0 saturated carbocycles. The fraction of sp³-hybridized carbons (Fsp3) is 0. The minimum atomic E-state index is -0.553. The molecule has 0 radical (unpaired) electrons.